The second-order valence-corrected chi connectivity index (χ2v) is 5.65. The second kappa shape index (κ2) is 5.95. The van der Waals surface area contributed by atoms with E-state index in [2.05, 4.69) is 0 Å². The van der Waals surface area contributed by atoms with Crippen molar-refractivity contribution in [3.63, 3.8) is 0 Å². The molecule has 1 aliphatic carbocycles. The Hall–Kier alpha value is -2.90. The van der Waals surface area contributed by atoms with Crippen molar-refractivity contribution in [3.05, 3.63) is 39.1 Å². The van der Waals surface area contributed by atoms with E-state index >= 15 is 0 Å². The third-order valence-electron chi connectivity index (χ3n) is 4.20. The maximum absolute atomic E-state index is 12.2. The normalized spacial score (nSPS) is 19.5. The summed E-state index contributed by atoms with van der Waals surface area (Å²) in [6.45, 7) is 1.57. The Bertz CT molecular complexity index is 781. The Morgan fingerprint density at radius 1 is 1.33 bits per heavy atom. The summed E-state index contributed by atoms with van der Waals surface area (Å²) in [4.78, 5) is 34.8. The summed E-state index contributed by atoms with van der Waals surface area (Å²) >= 11 is 0. The lowest BCUT2D eigenvalue weighted by Crippen LogP contribution is -2.23. The minimum Gasteiger partial charge on any atom is -0.511 e. The summed E-state index contributed by atoms with van der Waals surface area (Å²) < 4.78 is 10.4. The number of carbonyl (C=O) groups excluding carboxylic acids is 2. The summed E-state index contributed by atoms with van der Waals surface area (Å²) in [6, 6.07) is 2.73. The van der Waals surface area contributed by atoms with Gasteiger partial charge in [0.1, 0.15) is 5.76 Å². The van der Waals surface area contributed by atoms with Crippen molar-refractivity contribution in [1.82, 2.24) is 0 Å². The monoisotopic (exact) mass is 333 g/mol. The van der Waals surface area contributed by atoms with Gasteiger partial charge in [-0.05, 0) is 6.07 Å². The Labute approximate surface area is 136 Å². The van der Waals surface area contributed by atoms with Gasteiger partial charge in [0, 0.05) is 30.7 Å². The molecule has 3 rings (SSSR count). The van der Waals surface area contributed by atoms with Crippen molar-refractivity contribution in [2.24, 2.45) is 0 Å². The number of benzene rings is 1. The first-order chi connectivity index (χ1) is 11.4. The van der Waals surface area contributed by atoms with Gasteiger partial charge in [0.15, 0.2) is 23.1 Å². The molecule has 8 nitrogen and oxygen atoms in total. The highest BCUT2D eigenvalue weighted by Gasteiger charge is 2.36. The molecule has 2 aliphatic rings. The lowest BCUT2D eigenvalue weighted by atomic mass is 9.80. The molecule has 1 aliphatic heterocycles. The molecule has 1 aromatic rings. The first kappa shape index (κ1) is 16.0. The van der Waals surface area contributed by atoms with Crippen LogP contribution in [-0.4, -0.2) is 28.4 Å². The van der Waals surface area contributed by atoms with E-state index in [4.69, 9.17) is 9.47 Å². The number of nitro groups is 1. The molecule has 0 bridgehead atoms. The van der Waals surface area contributed by atoms with Gasteiger partial charge in [-0.1, -0.05) is 6.92 Å². The Kier molecular flexibility index (Phi) is 3.96. The van der Waals surface area contributed by atoms with Gasteiger partial charge < -0.3 is 14.6 Å². The zero-order chi connectivity index (χ0) is 17.4. The first-order valence-electron chi connectivity index (χ1n) is 7.48. The maximum atomic E-state index is 12.2. The molecule has 126 valence electrons. The number of hydrogen-bond donors (Lipinski definition) is 1. The van der Waals surface area contributed by atoms with Crippen molar-refractivity contribution in [1.29, 1.82) is 0 Å². The number of fused-ring (bicyclic) bond motifs is 1. The summed E-state index contributed by atoms with van der Waals surface area (Å²) in [6.07, 6.45) is 0.0267. The zero-order valence-corrected chi connectivity index (χ0v) is 12.9. The highest BCUT2D eigenvalue weighted by Crippen LogP contribution is 2.44. The number of hydrogen-bond acceptors (Lipinski definition) is 7. The van der Waals surface area contributed by atoms with Gasteiger partial charge in [-0.2, -0.15) is 0 Å². The lowest BCUT2D eigenvalue weighted by Gasteiger charge is -2.23. The van der Waals surface area contributed by atoms with Crippen molar-refractivity contribution < 1.29 is 29.1 Å². The molecular weight excluding hydrogens is 318 g/mol. The van der Waals surface area contributed by atoms with Crippen molar-refractivity contribution in [2.45, 2.75) is 32.1 Å². The topological polar surface area (TPSA) is 116 Å². The highest BCUT2D eigenvalue weighted by atomic mass is 16.7. The molecule has 0 radical (unpaired) electrons. The number of ketones is 2. The van der Waals surface area contributed by atoms with E-state index in [0.29, 0.717) is 5.75 Å². The predicted octanol–water partition coefficient (Wildman–Crippen LogP) is 2.56. The third kappa shape index (κ3) is 2.60. The minimum absolute atomic E-state index is 0.00665. The van der Waals surface area contributed by atoms with Gasteiger partial charge in [-0.25, -0.2) is 0 Å². The number of carbonyl (C=O) groups is 2. The minimum atomic E-state index is -0.596. The standard InChI is InChI=1S/C16H15NO7/c1-2-11(18)16-12(19)3-8(4-13(16)20)9-5-14-15(24-7-23-14)6-10(9)17(21)22/h5-6,8,19H,2-4,7H2,1H3. The average Bonchev–Trinajstić information content (AvgIpc) is 2.99. The summed E-state index contributed by atoms with van der Waals surface area (Å²) in [5.41, 5.74) is -0.0978. The molecule has 0 fully saturated rings. The van der Waals surface area contributed by atoms with E-state index in [1.54, 1.807) is 6.92 Å². The predicted molar refractivity (Wildman–Crippen MR) is 81.2 cm³/mol. The van der Waals surface area contributed by atoms with E-state index in [1.165, 1.54) is 12.1 Å². The van der Waals surface area contributed by atoms with Crippen LogP contribution in [0.15, 0.2) is 23.5 Å². The fourth-order valence-corrected chi connectivity index (χ4v) is 3.04. The zero-order valence-electron chi connectivity index (χ0n) is 12.9. The van der Waals surface area contributed by atoms with Gasteiger partial charge in [0.05, 0.1) is 16.6 Å². The van der Waals surface area contributed by atoms with E-state index < -0.39 is 22.4 Å². The number of nitro benzene ring substituents is 1. The molecule has 0 aromatic heterocycles. The van der Waals surface area contributed by atoms with Crippen LogP contribution in [0.4, 0.5) is 5.69 Å². The van der Waals surface area contributed by atoms with Crippen molar-refractivity contribution in [3.8, 4) is 11.5 Å². The number of rotatable bonds is 4. The van der Waals surface area contributed by atoms with Crippen LogP contribution in [0.25, 0.3) is 0 Å². The van der Waals surface area contributed by atoms with Gasteiger partial charge in [-0.15, -0.1) is 0 Å². The molecule has 0 spiro atoms. The van der Waals surface area contributed by atoms with Crippen LogP contribution in [0.5, 0.6) is 11.5 Å². The maximum Gasteiger partial charge on any atom is 0.276 e. The van der Waals surface area contributed by atoms with E-state index in [0.717, 1.165) is 0 Å². The lowest BCUT2D eigenvalue weighted by molar-refractivity contribution is -0.385. The van der Waals surface area contributed by atoms with Crippen LogP contribution in [0.3, 0.4) is 0 Å². The van der Waals surface area contributed by atoms with Crippen molar-refractivity contribution >= 4 is 17.3 Å². The van der Waals surface area contributed by atoms with E-state index in [1.807, 2.05) is 0 Å². The Balaban J connectivity index is 2.02. The number of ether oxygens (including phenoxy) is 2. The molecule has 0 saturated carbocycles. The summed E-state index contributed by atoms with van der Waals surface area (Å²) in [5.74, 6) is -1.19. The molecule has 1 atom stereocenters. The number of Topliss-reactive ketones (excluding diaryl/α,β-unsaturated/α-hetero) is 2. The molecule has 0 saturated heterocycles. The molecule has 1 heterocycles. The third-order valence-corrected chi connectivity index (χ3v) is 4.20. The molecule has 1 N–H and O–H groups in total. The van der Waals surface area contributed by atoms with Crippen molar-refractivity contribution in [2.75, 3.05) is 6.79 Å². The summed E-state index contributed by atoms with van der Waals surface area (Å²) in [5, 5.41) is 21.4. The largest absolute Gasteiger partial charge is 0.511 e. The fraction of sp³-hybridized carbons (Fsp3) is 0.375. The van der Waals surface area contributed by atoms with E-state index in [9.17, 15) is 24.8 Å². The van der Waals surface area contributed by atoms with Crippen LogP contribution in [0, 0.1) is 10.1 Å². The smallest absolute Gasteiger partial charge is 0.276 e. The molecular formula is C16H15NO7. The van der Waals surface area contributed by atoms with Gasteiger partial charge in [0.25, 0.3) is 5.69 Å². The molecule has 0 amide bonds. The fourth-order valence-electron chi connectivity index (χ4n) is 3.04. The summed E-state index contributed by atoms with van der Waals surface area (Å²) in [7, 11) is 0. The molecule has 24 heavy (non-hydrogen) atoms. The molecule has 1 unspecified atom stereocenters. The first-order valence-corrected chi connectivity index (χ1v) is 7.48. The van der Waals surface area contributed by atoms with Crippen LogP contribution >= 0.6 is 0 Å². The SMILES string of the molecule is CCC(=O)C1=C(O)CC(c2cc3c(cc2[N+](=O)[O-])OCO3)CC1=O. The molecule has 1 aromatic carbocycles. The second-order valence-electron chi connectivity index (χ2n) is 5.65. The number of nitrogens with zero attached hydrogens (tertiary/aromatic N) is 1. The highest BCUT2D eigenvalue weighted by molar-refractivity contribution is 6.21. The Morgan fingerprint density at radius 3 is 2.58 bits per heavy atom. The van der Waals surface area contributed by atoms with Crippen LogP contribution in [-0.2, 0) is 9.59 Å². The quantitative estimate of drug-likeness (QED) is 0.511. The number of allylic oxidation sites excluding steroid dienone is 2. The van der Waals surface area contributed by atoms with Gasteiger partial charge >= 0.3 is 0 Å². The van der Waals surface area contributed by atoms with Gasteiger partial charge in [0.2, 0.25) is 6.79 Å². The van der Waals surface area contributed by atoms with Crippen LogP contribution < -0.4 is 9.47 Å². The average molecular weight is 333 g/mol. The van der Waals surface area contributed by atoms with Crippen LogP contribution in [0.1, 0.15) is 37.7 Å². The van der Waals surface area contributed by atoms with Crippen LogP contribution in [0.2, 0.25) is 0 Å². The number of aliphatic hydroxyl groups excluding tert-OH is 1. The molecule has 8 heteroatoms. The van der Waals surface area contributed by atoms with E-state index in [-0.39, 0.29) is 54.4 Å². The number of aliphatic hydroxyl groups is 1. The Morgan fingerprint density at radius 2 is 2.00 bits per heavy atom. The van der Waals surface area contributed by atoms with Gasteiger partial charge in [-0.3, -0.25) is 19.7 Å².